The van der Waals surface area contributed by atoms with Gasteiger partial charge in [-0.25, -0.2) is 9.59 Å². The van der Waals surface area contributed by atoms with Gasteiger partial charge in [0, 0.05) is 39.3 Å². The second-order valence-corrected chi connectivity index (χ2v) is 7.91. The number of piperazine rings is 1. The van der Waals surface area contributed by atoms with Gasteiger partial charge < -0.3 is 14.9 Å². The molecule has 0 saturated carbocycles. The Labute approximate surface area is 185 Å². The summed E-state index contributed by atoms with van der Waals surface area (Å²) >= 11 is 3.57. The fourth-order valence-electron chi connectivity index (χ4n) is 3.20. The van der Waals surface area contributed by atoms with Crippen molar-refractivity contribution in [3.05, 3.63) is 63.6 Å². The highest BCUT2D eigenvalue weighted by Crippen LogP contribution is 2.26. The summed E-state index contributed by atoms with van der Waals surface area (Å²) in [6, 6.07) is 15.1. The zero-order valence-corrected chi connectivity index (χ0v) is 18.8. The molecular weight excluding hydrogens is 452 g/mol. The van der Waals surface area contributed by atoms with E-state index >= 15 is 0 Å². The number of aliphatic carboxylic acids is 2. The first-order valence-corrected chi connectivity index (χ1v) is 10.4. The van der Waals surface area contributed by atoms with E-state index < -0.39 is 11.9 Å². The lowest BCUT2D eigenvalue weighted by molar-refractivity contribution is -0.159. The highest BCUT2D eigenvalue weighted by molar-refractivity contribution is 9.10. The lowest BCUT2D eigenvalue weighted by Crippen LogP contribution is -2.45. The third-order valence-corrected chi connectivity index (χ3v) is 5.55. The van der Waals surface area contributed by atoms with E-state index in [-0.39, 0.29) is 0 Å². The van der Waals surface area contributed by atoms with Crippen LogP contribution in [0.3, 0.4) is 0 Å². The number of carboxylic acids is 2. The van der Waals surface area contributed by atoms with Crippen molar-refractivity contribution >= 4 is 27.9 Å². The predicted octanol–water partition coefficient (Wildman–Crippen LogP) is 3.24. The molecule has 7 nitrogen and oxygen atoms in total. The monoisotopic (exact) mass is 478 g/mol. The number of carbonyl (C=O) groups is 2. The molecule has 1 aliphatic rings. The maximum atomic E-state index is 9.10. The molecule has 162 valence electrons. The smallest absolute Gasteiger partial charge is 0.414 e. The van der Waals surface area contributed by atoms with Crippen molar-refractivity contribution in [3.8, 4) is 5.75 Å². The minimum Gasteiger partial charge on any atom is -0.496 e. The molecule has 8 heteroatoms. The van der Waals surface area contributed by atoms with Gasteiger partial charge in [0.15, 0.2) is 0 Å². The highest BCUT2D eigenvalue weighted by Gasteiger charge is 2.18. The minimum absolute atomic E-state index is 0.891. The van der Waals surface area contributed by atoms with Gasteiger partial charge in [-0.1, -0.05) is 30.3 Å². The van der Waals surface area contributed by atoms with Crippen molar-refractivity contribution in [2.75, 3.05) is 33.3 Å². The first kappa shape index (κ1) is 23.9. The molecule has 1 heterocycles. The van der Waals surface area contributed by atoms with Crippen LogP contribution in [-0.2, 0) is 22.7 Å². The van der Waals surface area contributed by atoms with Gasteiger partial charge in [-0.2, -0.15) is 0 Å². The largest absolute Gasteiger partial charge is 0.496 e. The number of hydrogen-bond donors (Lipinski definition) is 2. The number of aryl methyl sites for hydroxylation is 1. The predicted molar refractivity (Wildman–Crippen MR) is 118 cm³/mol. The molecule has 30 heavy (non-hydrogen) atoms. The van der Waals surface area contributed by atoms with Gasteiger partial charge in [0.25, 0.3) is 0 Å². The maximum absolute atomic E-state index is 9.10. The lowest BCUT2D eigenvalue weighted by Gasteiger charge is -2.35. The topological polar surface area (TPSA) is 90.3 Å². The molecular formula is C22H27BrN2O5. The third kappa shape index (κ3) is 7.44. The fourth-order valence-corrected chi connectivity index (χ4v) is 3.79. The van der Waals surface area contributed by atoms with Gasteiger partial charge >= 0.3 is 11.9 Å². The Morgan fingerprint density at radius 3 is 2.03 bits per heavy atom. The van der Waals surface area contributed by atoms with Crippen molar-refractivity contribution in [2.24, 2.45) is 0 Å². The number of hydrogen-bond acceptors (Lipinski definition) is 5. The van der Waals surface area contributed by atoms with Gasteiger partial charge in [-0.05, 0) is 51.7 Å². The van der Waals surface area contributed by atoms with E-state index in [0.29, 0.717) is 0 Å². The number of nitrogens with zero attached hydrogens (tertiary/aromatic N) is 2. The standard InChI is InChI=1S/C20H25BrN2O.C2H2O4/c1-16-5-3-4-6-18(16)15-23-11-9-22(10-12-23)14-17-7-8-20(24-2)19(21)13-17;3-1(4)2(5)6/h3-8,13H,9-12,14-15H2,1-2H3;(H,3,4)(H,5,6). The summed E-state index contributed by atoms with van der Waals surface area (Å²) in [5, 5.41) is 14.8. The van der Waals surface area contributed by atoms with Crippen LogP contribution in [0.15, 0.2) is 46.9 Å². The zero-order chi connectivity index (χ0) is 22.1. The van der Waals surface area contributed by atoms with Crippen LogP contribution in [-0.4, -0.2) is 65.2 Å². The zero-order valence-electron chi connectivity index (χ0n) is 17.2. The number of methoxy groups -OCH3 is 1. The average Bonchev–Trinajstić information content (AvgIpc) is 2.72. The molecule has 1 aliphatic heterocycles. The Morgan fingerprint density at radius 1 is 0.967 bits per heavy atom. The van der Waals surface area contributed by atoms with Gasteiger partial charge in [0.1, 0.15) is 5.75 Å². The molecule has 0 atom stereocenters. The molecule has 0 bridgehead atoms. The Balaban J connectivity index is 0.000000469. The molecule has 0 radical (unpaired) electrons. The first-order chi connectivity index (χ1) is 14.3. The summed E-state index contributed by atoms with van der Waals surface area (Å²) in [5.41, 5.74) is 4.17. The average molecular weight is 479 g/mol. The van der Waals surface area contributed by atoms with Gasteiger partial charge in [0.2, 0.25) is 0 Å². The van der Waals surface area contributed by atoms with Gasteiger partial charge in [0.05, 0.1) is 11.6 Å². The number of carboxylic acid groups (broad SMARTS) is 2. The van der Waals surface area contributed by atoms with E-state index in [4.69, 9.17) is 24.5 Å². The molecule has 2 aromatic carbocycles. The van der Waals surface area contributed by atoms with E-state index in [2.05, 4.69) is 69.1 Å². The molecule has 1 fully saturated rings. The summed E-state index contributed by atoms with van der Waals surface area (Å²) in [6.45, 7) is 8.77. The van der Waals surface area contributed by atoms with E-state index in [1.807, 2.05) is 6.07 Å². The van der Waals surface area contributed by atoms with Crippen molar-refractivity contribution in [3.63, 3.8) is 0 Å². The molecule has 2 N–H and O–H groups in total. The number of benzene rings is 2. The third-order valence-electron chi connectivity index (χ3n) is 4.93. The quantitative estimate of drug-likeness (QED) is 0.637. The molecule has 0 aromatic heterocycles. The molecule has 2 aromatic rings. The van der Waals surface area contributed by atoms with E-state index in [1.54, 1.807) is 7.11 Å². The Kier molecular flexibility index (Phi) is 9.29. The molecule has 3 rings (SSSR count). The second kappa shape index (κ2) is 11.7. The van der Waals surface area contributed by atoms with Crippen LogP contribution < -0.4 is 4.74 Å². The highest BCUT2D eigenvalue weighted by atomic mass is 79.9. The normalized spacial score (nSPS) is 14.5. The van der Waals surface area contributed by atoms with Crippen LogP contribution in [0.4, 0.5) is 0 Å². The van der Waals surface area contributed by atoms with E-state index in [9.17, 15) is 0 Å². The molecule has 0 unspecified atom stereocenters. The Morgan fingerprint density at radius 2 is 1.53 bits per heavy atom. The lowest BCUT2D eigenvalue weighted by atomic mass is 10.1. The Hall–Kier alpha value is -2.42. The maximum Gasteiger partial charge on any atom is 0.414 e. The molecule has 1 saturated heterocycles. The fraction of sp³-hybridized carbons (Fsp3) is 0.364. The van der Waals surface area contributed by atoms with E-state index in [0.717, 1.165) is 49.5 Å². The minimum atomic E-state index is -1.82. The summed E-state index contributed by atoms with van der Waals surface area (Å²) in [7, 11) is 1.70. The summed E-state index contributed by atoms with van der Waals surface area (Å²) < 4.78 is 6.33. The summed E-state index contributed by atoms with van der Waals surface area (Å²) in [6.07, 6.45) is 0. The first-order valence-electron chi connectivity index (χ1n) is 9.58. The summed E-state index contributed by atoms with van der Waals surface area (Å²) in [5.74, 6) is -2.76. The second-order valence-electron chi connectivity index (χ2n) is 7.06. The van der Waals surface area contributed by atoms with Gasteiger partial charge in [-0.3, -0.25) is 9.80 Å². The van der Waals surface area contributed by atoms with Crippen LogP contribution in [0, 0.1) is 6.92 Å². The van der Waals surface area contributed by atoms with E-state index in [1.165, 1.54) is 16.7 Å². The number of ether oxygens (including phenoxy) is 1. The van der Waals surface area contributed by atoms with Crippen molar-refractivity contribution in [1.29, 1.82) is 0 Å². The van der Waals surface area contributed by atoms with Crippen molar-refractivity contribution < 1.29 is 24.5 Å². The molecule has 0 spiro atoms. The van der Waals surface area contributed by atoms with Crippen LogP contribution in [0.2, 0.25) is 0 Å². The van der Waals surface area contributed by atoms with Crippen molar-refractivity contribution in [2.45, 2.75) is 20.0 Å². The van der Waals surface area contributed by atoms with Crippen LogP contribution in [0.1, 0.15) is 16.7 Å². The number of halogens is 1. The summed E-state index contributed by atoms with van der Waals surface area (Å²) in [4.78, 5) is 23.3. The Bertz CT molecular complexity index is 854. The molecule has 0 amide bonds. The number of rotatable bonds is 5. The van der Waals surface area contributed by atoms with Crippen LogP contribution in [0.25, 0.3) is 0 Å². The van der Waals surface area contributed by atoms with Gasteiger partial charge in [-0.15, -0.1) is 0 Å². The SMILES string of the molecule is COc1ccc(CN2CCN(Cc3ccccc3C)CC2)cc1Br.O=C(O)C(=O)O. The molecule has 0 aliphatic carbocycles. The van der Waals surface area contributed by atoms with Crippen molar-refractivity contribution in [1.82, 2.24) is 9.80 Å². The van der Waals surface area contributed by atoms with Crippen LogP contribution in [0.5, 0.6) is 5.75 Å². The van der Waals surface area contributed by atoms with Crippen LogP contribution >= 0.6 is 15.9 Å².